The smallest absolute Gasteiger partial charge is 0.199 e. The lowest BCUT2D eigenvalue weighted by molar-refractivity contribution is 0.308. The van der Waals surface area contributed by atoms with Gasteiger partial charge in [-0.1, -0.05) is 18.2 Å². The van der Waals surface area contributed by atoms with Crippen LogP contribution in [0.5, 0.6) is 0 Å². The van der Waals surface area contributed by atoms with Gasteiger partial charge in [-0.2, -0.15) is 0 Å². The molecule has 16 heavy (non-hydrogen) atoms. The molecule has 1 aromatic carbocycles. The summed E-state index contributed by atoms with van der Waals surface area (Å²) >= 11 is 0. The van der Waals surface area contributed by atoms with E-state index in [-0.39, 0.29) is 17.3 Å². The molecule has 0 aliphatic rings. The highest BCUT2D eigenvalue weighted by atomic mass is 16.6. The lowest BCUT2D eigenvalue weighted by Gasteiger charge is -2.07. The van der Waals surface area contributed by atoms with Crippen LogP contribution in [0.2, 0.25) is 0 Å². The lowest BCUT2D eigenvalue weighted by Crippen LogP contribution is -2.14. The second-order valence-electron chi connectivity index (χ2n) is 3.31. The van der Waals surface area contributed by atoms with Crippen LogP contribution in [0.15, 0.2) is 28.9 Å². The van der Waals surface area contributed by atoms with E-state index in [1.165, 1.54) is 0 Å². The molecule has 0 radical (unpaired) electrons. The van der Waals surface area contributed by atoms with Gasteiger partial charge in [0, 0.05) is 5.69 Å². The van der Waals surface area contributed by atoms with Crippen LogP contribution in [0.25, 0.3) is 0 Å². The third kappa shape index (κ3) is 1.85. The Balaban J connectivity index is 2.21. The summed E-state index contributed by atoms with van der Waals surface area (Å²) in [5.74, 6) is 0.166. The highest BCUT2D eigenvalue weighted by Crippen LogP contribution is 2.15. The highest BCUT2D eigenvalue weighted by molar-refractivity contribution is 6.07. The fourth-order valence-corrected chi connectivity index (χ4v) is 1.28. The molecule has 0 unspecified atom stereocenters. The molecule has 82 valence electrons. The second-order valence-corrected chi connectivity index (χ2v) is 3.31. The van der Waals surface area contributed by atoms with E-state index >= 15 is 0 Å². The maximum absolute atomic E-state index is 7.77. The minimum absolute atomic E-state index is 0.0630. The van der Waals surface area contributed by atoms with Crippen molar-refractivity contribution in [3.63, 3.8) is 0 Å². The highest BCUT2D eigenvalue weighted by Gasteiger charge is 2.12. The van der Waals surface area contributed by atoms with Gasteiger partial charge in [0.05, 0.1) is 0 Å². The molecule has 2 rings (SSSR count). The van der Waals surface area contributed by atoms with Crippen LogP contribution in [0.4, 0.5) is 11.5 Å². The fraction of sp³-hybridized carbons (Fsp3) is 0.100. The molecule has 0 aliphatic heterocycles. The van der Waals surface area contributed by atoms with Crippen molar-refractivity contribution in [1.29, 1.82) is 5.41 Å². The zero-order valence-electron chi connectivity index (χ0n) is 8.69. The standard InChI is InChI=1S/C10H11N5O/c1-6-4-2-3-5-7(6)13-9(11)8-10(12)15-16-14-8/h2-5H,1H3,(H2,11,13)(H2,12,15). The van der Waals surface area contributed by atoms with Crippen LogP contribution in [-0.2, 0) is 0 Å². The van der Waals surface area contributed by atoms with Gasteiger partial charge in [-0.15, -0.1) is 0 Å². The summed E-state index contributed by atoms with van der Waals surface area (Å²) in [7, 11) is 0. The average molecular weight is 217 g/mol. The van der Waals surface area contributed by atoms with Crippen molar-refractivity contribution in [2.24, 2.45) is 0 Å². The number of nitrogens with two attached hydrogens (primary N) is 1. The molecule has 0 saturated heterocycles. The Morgan fingerprint density at radius 1 is 1.38 bits per heavy atom. The van der Waals surface area contributed by atoms with Gasteiger partial charge in [0.15, 0.2) is 17.3 Å². The number of nitrogen functional groups attached to an aromatic ring is 1. The number of aryl methyl sites for hydroxylation is 1. The van der Waals surface area contributed by atoms with Crippen LogP contribution in [0, 0.1) is 12.3 Å². The molecule has 0 aliphatic carbocycles. The van der Waals surface area contributed by atoms with E-state index in [0.717, 1.165) is 11.3 Å². The number of para-hydroxylation sites is 1. The summed E-state index contributed by atoms with van der Waals surface area (Å²) in [6.07, 6.45) is 0. The van der Waals surface area contributed by atoms with Gasteiger partial charge < -0.3 is 11.1 Å². The first-order valence-electron chi connectivity index (χ1n) is 4.68. The number of amidine groups is 1. The SMILES string of the molecule is Cc1ccccc1NC(=N)c1nonc1N. The van der Waals surface area contributed by atoms with Crippen LogP contribution in [-0.4, -0.2) is 16.1 Å². The Hall–Kier alpha value is -2.37. The van der Waals surface area contributed by atoms with Crippen LogP contribution < -0.4 is 11.1 Å². The maximum Gasteiger partial charge on any atom is 0.199 e. The molecular weight excluding hydrogens is 206 g/mol. The van der Waals surface area contributed by atoms with Gasteiger partial charge in [-0.25, -0.2) is 4.63 Å². The lowest BCUT2D eigenvalue weighted by atomic mass is 10.2. The molecule has 2 aromatic rings. The van der Waals surface area contributed by atoms with Crippen LogP contribution >= 0.6 is 0 Å². The molecule has 1 heterocycles. The van der Waals surface area contributed by atoms with E-state index in [9.17, 15) is 0 Å². The number of benzene rings is 1. The van der Waals surface area contributed by atoms with Gasteiger partial charge in [-0.05, 0) is 28.9 Å². The Kier molecular flexibility index (Phi) is 2.55. The molecule has 6 nitrogen and oxygen atoms in total. The van der Waals surface area contributed by atoms with E-state index < -0.39 is 0 Å². The van der Waals surface area contributed by atoms with E-state index in [1.54, 1.807) is 0 Å². The van der Waals surface area contributed by atoms with Crippen LogP contribution in [0.3, 0.4) is 0 Å². The van der Waals surface area contributed by atoms with Gasteiger partial charge in [0.25, 0.3) is 0 Å². The fourth-order valence-electron chi connectivity index (χ4n) is 1.28. The van der Waals surface area contributed by atoms with Crippen molar-refractivity contribution in [3.8, 4) is 0 Å². The third-order valence-electron chi connectivity index (χ3n) is 2.16. The van der Waals surface area contributed by atoms with Gasteiger partial charge >= 0.3 is 0 Å². The third-order valence-corrected chi connectivity index (χ3v) is 2.16. The molecule has 0 saturated carbocycles. The van der Waals surface area contributed by atoms with Crippen molar-refractivity contribution in [2.45, 2.75) is 6.92 Å². The van der Waals surface area contributed by atoms with Crippen molar-refractivity contribution in [3.05, 3.63) is 35.5 Å². The van der Waals surface area contributed by atoms with Crippen molar-refractivity contribution >= 4 is 17.3 Å². The van der Waals surface area contributed by atoms with Gasteiger partial charge in [-0.3, -0.25) is 5.41 Å². The predicted octanol–water partition coefficient (Wildman–Crippen LogP) is 1.40. The van der Waals surface area contributed by atoms with Crippen molar-refractivity contribution in [1.82, 2.24) is 10.3 Å². The normalized spacial score (nSPS) is 10.1. The molecule has 6 heteroatoms. The minimum Gasteiger partial charge on any atom is -0.379 e. The number of hydrogen-bond acceptors (Lipinski definition) is 5. The number of nitrogens with one attached hydrogen (secondary N) is 2. The maximum atomic E-state index is 7.77. The first-order chi connectivity index (χ1) is 7.68. The number of anilines is 2. The van der Waals surface area contributed by atoms with E-state index in [4.69, 9.17) is 11.1 Å². The molecule has 0 fully saturated rings. The molecule has 4 N–H and O–H groups in total. The van der Waals surface area contributed by atoms with Gasteiger partial charge in [0.2, 0.25) is 0 Å². The molecule has 0 atom stereocenters. The zero-order valence-corrected chi connectivity index (χ0v) is 8.69. The second kappa shape index (κ2) is 4.01. The number of nitrogens with zero attached hydrogens (tertiary/aromatic N) is 2. The Labute approximate surface area is 91.9 Å². The Bertz CT molecular complexity index is 519. The van der Waals surface area contributed by atoms with E-state index in [0.29, 0.717) is 0 Å². The molecule has 0 spiro atoms. The van der Waals surface area contributed by atoms with Crippen molar-refractivity contribution in [2.75, 3.05) is 11.1 Å². The minimum atomic E-state index is 0.0630. The number of aromatic nitrogens is 2. The monoisotopic (exact) mass is 217 g/mol. The first-order valence-corrected chi connectivity index (χ1v) is 4.68. The molecular formula is C10H11N5O. The Morgan fingerprint density at radius 3 is 2.75 bits per heavy atom. The summed E-state index contributed by atoms with van der Waals surface area (Å²) in [6, 6.07) is 7.62. The topological polar surface area (TPSA) is 101 Å². The quantitative estimate of drug-likeness (QED) is 0.521. The summed E-state index contributed by atoms with van der Waals surface area (Å²) < 4.78 is 4.43. The average Bonchev–Trinajstić information content (AvgIpc) is 2.68. The summed E-state index contributed by atoms with van der Waals surface area (Å²) in [6.45, 7) is 1.94. The van der Waals surface area contributed by atoms with Crippen molar-refractivity contribution < 1.29 is 4.63 Å². The zero-order chi connectivity index (χ0) is 11.5. The molecule has 0 bridgehead atoms. The largest absolute Gasteiger partial charge is 0.379 e. The summed E-state index contributed by atoms with van der Waals surface area (Å²) in [5.41, 5.74) is 7.55. The van der Waals surface area contributed by atoms with Crippen LogP contribution in [0.1, 0.15) is 11.3 Å². The van der Waals surface area contributed by atoms with E-state index in [2.05, 4.69) is 20.3 Å². The summed E-state index contributed by atoms with van der Waals surface area (Å²) in [4.78, 5) is 0. The number of hydrogen-bond donors (Lipinski definition) is 3. The summed E-state index contributed by atoms with van der Waals surface area (Å²) in [5, 5.41) is 17.6. The predicted molar refractivity (Wildman–Crippen MR) is 60.3 cm³/mol. The van der Waals surface area contributed by atoms with E-state index in [1.807, 2.05) is 31.2 Å². The first kappa shape index (κ1) is 10.2. The molecule has 1 aromatic heterocycles. The molecule has 0 amide bonds. The Morgan fingerprint density at radius 2 is 2.12 bits per heavy atom. The van der Waals surface area contributed by atoms with Gasteiger partial charge in [0.1, 0.15) is 0 Å². The number of rotatable bonds is 2.